The van der Waals surface area contributed by atoms with Gasteiger partial charge in [-0.3, -0.25) is 14.4 Å². The zero-order valence-electron chi connectivity index (χ0n) is 51.6. The monoisotopic (exact) mass is 1160 g/mol. The predicted octanol–water partition coefficient (Wildman–Crippen LogP) is 17.3. The first-order chi connectivity index (χ1) is 40.6. The van der Waals surface area contributed by atoms with E-state index >= 15 is 0 Å². The van der Waals surface area contributed by atoms with Gasteiger partial charge in [-0.2, -0.15) is 0 Å². The molecule has 3 N–H and O–H groups in total. The Morgan fingerprint density at radius 1 is 0.410 bits per heavy atom. The molecule has 0 saturated carbocycles. The normalized spacial score (nSPS) is 18.5. The van der Waals surface area contributed by atoms with Crippen LogP contribution in [0.5, 0.6) is 0 Å². The van der Waals surface area contributed by atoms with Gasteiger partial charge in [0.05, 0.1) is 6.61 Å². The van der Waals surface area contributed by atoms with E-state index in [9.17, 15) is 34.5 Å². The van der Waals surface area contributed by atoms with Crippen molar-refractivity contribution >= 4 is 23.9 Å². The van der Waals surface area contributed by atoms with Gasteiger partial charge in [0.15, 0.2) is 24.6 Å². The first-order valence-electron chi connectivity index (χ1n) is 32.2. The molecule has 12 heteroatoms. The number of rotatable bonds is 53. The molecule has 1 aliphatic rings. The maximum Gasteiger partial charge on any atom is 0.335 e. The lowest BCUT2D eigenvalue weighted by molar-refractivity contribution is -0.301. The van der Waals surface area contributed by atoms with E-state index in [1.54, 1.807) is 0 Å². The number of unbranched alkanes of at least 4 members (excludes halogenated alkanes) is 17. The number of hydrogen-bond acceptors (Lipinski definition) is 11. The van der Waals surface area contributed by atoms with E-state index in [2.05, 4.69) is 154 Å². The summed E-state index contributed by atoms with van der Waals surface area (Å²) in [5.41, 5.74) is 0. The Balaban J connectivity index is 2.74. The number of hydrogen-bond donors (Lipinski definition) is 3. The van der Waals surface area contributed by atoms with Crippen LogP contribution in [0.4, 0.5) is 0 Å². The molecular weight excluding hydrogens is 1040 g/mol. The molecule has 1 saturated heterocycles. The van der Waals surface area contributed by atoms with Gasteiger partial charge in [-0.15, -0.1) is 0 Å². The molecule has 0 aromatic heterocycles. The molecule has 6 unspecified atom stereocenters. The van der Waals surface area contributed by atoms with Gasteiger partial charge < -0.3 is 39.0 Å². The number of aliphatic carboxylic acids is 1. The minimum absolute atomic E-state index is 0.0362. The zero-order chi connectivity index (χ0) is 60.3. The van der Waals surface area contributed by atoms with E-state index in [0.29, 0.717) is 19.3 Å². The summed E-state index contributed by atoms with van der Waals surface area (Å²) in [7, 11) is 0. The van der Waals surface area contributed by atoms with Crippen LogP contribution in [0.15, 0.2) is 134 Å². The number of carboxylic acid groups (broad SMARTS) is 1. The maximum atomic E-state index is 13.2. The molecule has 0 bridgehead atoms. The summed E-state index contributed by atoms with van der Waals surface area (Å²) < 4.78 is 28.4. The number of allylic oxidation sites excluding steroid dienone is 22. The first kappa shape index (κ1) is 75.9. The van der Waals surface area contributed by atoms with Gasteiger partial charge in [0.1, 0.15) is 18.8 Å². The quantitative estimate of drug-likeness (QED) is 0.0228. The Morgan fingerprint density at radius 3 is 1.18 bits per heavy atom. The third kappa shape index (κ3) is 46.9. The van der Waals surface area contributed by atoms with Crippen LogP contribution in [0.2, 0.25) is 0 Å². The second-order valence-electron chi connectivity index (χ2n) is 21.3. The molecule has 1 heterocycles. The van der Waals surface area contributed by atoms with Gasteiger partial charge in [-0.05, 0) is 135 Å². The highest BCUT2D eigenvalue weighted by molar-refractivity contribution is 5.74. The number of carbonyl (C=O) groups excluding carboxylic acids is 3. The lowest BCUT2D eigenvalue weighted by Crippen LogP contribution is -2.61. The number of ether oxygens (including phenoxy) is 5. The molecule has 0 aromatic rings. The van der Waals surface area contributed by atoms with Crippen LogP contribution in [0.1, 0.15) is 239 Å². The Hall–Kier alpha value is -5.14. The summed E-state index contributed by atoms with van der Waals surface area (Å²) in [6.07, 6.45) is 68.3. The Kier molecular flexibility index (Phi) is 52.4. The van der Waals surface area contributed by atoms with Crippen LogP contribution in [0, 0.1) is 0 Å². The number of carbonyl (C=O) groups is 4. The summed E-state index contributed by atoms with van der Waals surface area (Å²) in [5.74, 6) is -3.23. The fourth-order valence-electron chi connectivity index (χ4n) is 8.83. The van der Waals surface area contributed by atoms with Crippen LogP contribution in [0.3, 0.4) is 0 Å². The third-order valence-electron chi connectivity index (χ3n) is 13.7. The fourth-order valence-corrected chi connectivity index (χ4v) is 8.83. The number of carboxylic acids is 1. The van der Waals surface area contributed by atoms with Crippen LogP contribution in [-0.4, -0.2) is 89.2 Å². The van der Waals surface area contributed by atoms with Gasteiger partial charge in [-0.25, -0.2) is 4.79 Å². The van der Waals surface area contributed by atoms with E-state index in [-0.39, 0.29) is 25.9 Å². The van der Waals surface area contributed by atoms with Crippen LogP contribution < -0.4 is 0 Å². The average Bonchev–Trinajstić information content (AvgIpc) is 3.58. The predicted molar refractivity (Wildman–Crippen MR) is 340 cm³/mol. The van der Waals surface area contributed by atoms with E-state index in [0.717, 1.165) is 141 Å². The van der Waals surface area contributed by atoms with Crippen molar-refractivity contribution in [1.82, 2.24) is 0 Å². The van der Waals surface area contributed by atoms with Crippen molar-refractivity contribution in [3.05, 3.63) is 134 Å². The minimum Gasteiger partial charge on any atom is -0.479 e. The summed E-state index contributed by atoms with van der Waals surface area (Å²) in [5, 5.41) is 31.6. The number of aliphatic hydroxyl groups excluding tert-OH is 2. The van der Waals surface area contributed by atoms with E-state index in [1.165, 1.54) is 38.5 Å². The topological polar surface area (TPSA) is 175 Å². The average molecular weight is 1160 g/mol. The molecule has 1 aliphatic heterocycles. The van der Waals surface area contributed by atoms with Crippen molar-refractivity contribution in [3.8, 4) is 0 Å². The molecule has 0 amide bonds. The molecule has 0 radical (unpaired) electrons. The molecule has 0 spiro atoms. The van der Waals surface area contributed by atoms with Gasteiger partial charge in [-0.1, -0.05) is 219 Å². The van der Waals surface area contributed by atoms with Crippen molar-refractivity contribution in [2.45, 2.75) is 276 Å². The van der Waals surface area contributed by atoms with Crippen molar-refractivity contribution in [3.63, 3.8) is 0 Å². The summed E-state index contributed by atoms with van der Waals surface area (Å²) in [6, 6.07) is 0. The van der Waals surface area contributed by atoms with Crippen molar-refractivity contribution in [2.75, 3.05) is 13.2 Å². The maximum absolute atomic E-state index is 13.2. The second-order valence-corrected chi connectivity index (χ2v) is 21.3. The lowest BCUT2D eigenvalue weighted by atomic mass is 9.98. The van der Waals surface area contributed by atoms with Crippen molar-refractivity contribution in [2.24, 2.45) is 0 Å². The number of esters is 3. The fraction of sp³-hybridized carbons (Fsp3) is 0.634. The largest absolute Gasteiger partial charge is 0.479 e. The van der Waals surface area contributed by atoms with E-state index in [4.69, 9.17) is 23.7 Å². The van der Waals surface area contributed by atoms with Crippen LogP contribution in [-0.2, 0) is 42.9 Å². The molecule has 12 nitrogen and oxygen atoms in total. The zero-order valence-corrected chi connectivity index (χ0v) is 51.6. The Bertz CT molecular complexity index is 1950. The SMILES string of the molecule is CC/C=C\C/C=C\C/C=C\C/C=C\C/C=C\CCCCCC(=O)OCC(COC1OC(C(=O)O)C(O)C(O)C1OC(=O)CCCCCCC/C=C\CCCCCCCC)OC(=O)CCCCC/C=C\C/C=C\C/C=C\C/C=C\C/C=C\CC. The molecule has 1 rings (SSSR count). The smallest absolute Gasteiger partial charge is 0.335 e. The minimum atomic E-state index is -1.92. The molecular formula is C71H112O12. The molecule has 468 valence electrons. The first-order valence-corrected chi connectivity index (χ1v) is 32.2. The second kappa shape index (κ2) is 57.3. The van der Waals surface area contributed by atoms with Gasteiger partial charge in [0.2, 0.25) is 0 Å². The van der Waals surface area contributed by atoms with E-state index in [1.807, 2.05) is 0 Å². The van der Waals surface area contributed by atoms with Crippen molar-refractivity contribution < 1.29 is 58.2 Å². The summed E-state index contributed by atoms with van der Waals surface area (Å²) in [6.45, 7) is 5.70. The molecule has 1 fully saturated rings. The molecule has 0 aliphatic carbocycles. The van der Waals surface area contributed by atoms with Crippen molar-refractivity contribution in [1.29, 1.82) is 0 Å². The summed E-state index contributed by atoms with van der Waals surface area (Å²) >= 11 is 0. The van der Waals surface area contributed by atoms with Crippen LogP contribution >= 0.6 is 0 Å². The molecule has 6 atom stereocenters. The Morgan fingerprint density at radius 2 is 0.759 bits per heavy atom. The molecule has 83 heavy (non-hydrogen) atoms. The van der Waals surface area contributed by atoms with Gasteiger partial charge in [0, 0.05) is 19.3 Å². The third-order valence-corrected chi connectivity index (χ3v) is 13.7. The lowest BCUT2D eigenvalue weighted by Gasteiger charge is -2.40. The Labute approximate surface area is 502 Å². The standard InChI is InChI=1S/C71H112O12/c1-4-7-10-13-16-19-22-25-28-30-32-34-37-39-42-45-48-51-54-57-63(72)79-60-62(81-64(73)58-55-52-49-46-43-41-38-35-33-31-29-26-23-20-17-14-11-8-5-2)61-80-71-69(67(76)66(75)68(83-71)70(77)78)82-65(74)59-56-53-50-47-44-40-36-27-24-21-18-15-12-9-6-3/h7-8,10-11,16-17,19-20,25-29,32-36,39,41-43,62,66-69,71,75-76H,4-6,9,12-15,18,21-24,30-31,37-38,40,44-61H2,1-3H3,(H,77,78)/b10-7-,11-8-,19-16-,20-17-,28-25-,29-26-,34-32-,35-33-,36-27-,42-39-,43-41-. The van der Waals surface area contributed by atoms with E-state index < -0.39 is 67.3 Å². The van der Waals surface area contributed by atoms with Gasteiger partial charge >= 0.3 is 23.9 Å². The van der Waals surface area contributed by atoms with Crippen LogP contribution in [0.25, 0.3) is 0 Å². The summed E-state index contributed by atoms with van der Waals surface area (Å²) in [4.78, 5) is 51.3. The highest BCUT2D eigenvalue weighted by Gasteiger charge is 2.50. The molecule has 0 aromatic carbocycles. The highest BCUT2D eigenvalue weighted by atomic mass is 16.7. The highest BCUT2D eigenvalue weighted by Crippen LogP contribution is 2.26. The van der Waals surface area contributed by atoms with Gasteiger partial charge in [0.25, 0.3) is 0 Å². The number of aliphatic hydroxyl groups is 2.